The number of carboxylic acids is 1. The number of aromatic carboxylic acids is 1. The second-order valence-corrected chi connectivity index (χ2v) is 3.24. The van der Waals surface area contributed by atoms with Crippen LogP contribution in [0.1, 0.15) is 20.0 Å². The second kappa shape index (κ2) is 3.69. The molecule has 0 amide bonds. The third kappa shape index (κ3) is 1.84. The van der Waals surface area contributed by atoms with Crippen LogP contribution in [0.15, 0.2) is 11.4 Å². The summed E-state index contributed by atoms with van der Waals surface area (Å²) in [6.45, 7) is 0. The van der Waals surface area contributed by atoms with Gasteiger partial charge < -0.3 is 5.11 Å². The first-order valence-corrected chi connectivity index (χ1v) is 4.47. The van der Waals surface area contributed by atoms with Gasteiger partial charge in [0.1, 0.15) is 0 Å². The van der Waals surface area contributed by atoms with E-state index in [9.17, 15) is 9.59 Å². The van der Waals surface area contributed by atoms with Crippen LogP contribution >= 0.6 is 22.9 Å². The van der Waals surface area contributed by atoms with Crippen molar-refractivity contribution in [1.82, 2.24) is 0 Å². The largest absolute Gasteiger partial charge is 0.478 e. The molecule has 0 bridgehead atoms. The van der Waals surface area contributed by atoms with E-state index in [1.165, 1.54) is 11.4 Å². The maximum absolute atomic E-state index is 10.9. The average Bonchev–Trinajstić information content (AvgIpc) is 2.51. The maximum Gasteiger partial charge on any atom is 0.336 e. The summed E-state index contributed by atoms with van der Waals surface area (Å²) in [6.07, 6.45) is 0. The fourth-order valence-corrected chi connectivity index (χ4v) is 1.71. The van der Waals surface area contributed by atoms with Gasteiger partial charge in [0, 0.05) is 5.38 Å². The highest BCUT2D eigenvalue weighted by Crippen LogP contribution is 2.15. The van der Waals surface area contributed by atoms with Crippen molar-refractivity contribution >= 4 is 34.7 Å². The van der Waals surface area contributed by atoms with Crippen LogP contribution in [0.4, 0.5) is 0 Å². The number of carbonyl (C=O) groups is 2. The van der Waals surface area contributed by atoms with Crippen LogP contribution in [-0.4, -0.2) is 22.7 Å². The van der Waals surface area contributed by atoms with Crippen molar-refractivity contribution in [2.75, 3.05) is 5.88 Å². The number of hydrogen-bond donors (Lipinski definition) is 1. The van der Waals surface area contributed by atoms with Crippen molar-refractivity contribution in [2.45, 2.75) is 0 Å². The van der Waals surface area contributed by atoms with Crippen LogP contribution in [0, 0.1) is 0 Å². The van der Waals surface area contributed by atoms with Crippen LogP contribution in [0.2, 0.25) is 0 Å². The standard InChI is InChI=1S/C7H5ClO3S/c8-2-5(9)6-1-4(3-12-6)7(10)11/h1,3H,2H2,(H,10,11). The molecule has 0 aromatic carbocycles. The molecule has 0 fully saturated rings. The molecule has 64 valence electrons. The lowest BCUT2D eigenvalue weighted by Gasteiger charge is -1.86. The number of carboxylic acid groups (broad SMARTS) is 1. The maximum atomic E-state index is 10.9. The van der Waals surface area contributed by atoms with Gasteiger partial charge in [-0.1, -0.05) is 0 Å². The topological polar surface area (TPSA) is 54.4 Å². The Morgan fingerprint density at radius 1 is 1.58 bits per heavy atom. The lowest BCUT2D eigenvalue weighted by molar-refractivity contribution is 0.0697. The van der Waals surface area contributed by atoms with Gasteiger partial charge in [0.15, 0.2) is 5.78 Å². The normalized spacial score (nSPS) is 9.75. The number of rotatable bonds is 3. The van der Waals surface area contributed by atoms with Crippen molar-refractivity contribution in [2.24, 2.45) is 0 Å². The third-order valence-electron chi connectivity index (χ3n) is 1.24. The Kier molecular flexibility index (Phi) is 2.83. The molecule has 1 N–H and O–H groups in total. The molecular formula is C7H5ClO3S. The summed E-state index contributed by atoms with van der Waals surface area (Å²) in [5, 5.41) is 9.93. The molecule has 0 atom stereocenters. The molecule has 1 heterocycles. The molecule has 0 aliphatic carbocycles. The molecule has 0 saturated heterocycles. The summed E-state index contributed by atoms with van der Waals surface area (Å²) in [5.74, 6) is -1.38. The SMILES string of the molecule is O=C(O)c1csc(C(=O)CCl)c1. The van der Waals surface area contributed by atoms with Crippen LogP contribution < -0.4 is 0 Å². The first-order chi connectivity index (χ1) is 5.65. The zero-order valence-corrected chi connectivity index (χ0v) is 7.48. The average molecular weight is 205 g/mol. The fraction of sp³-hybridized carbons (Fsp3) is 0.143. The molecule has 0 unspecified atom stereocenters. The summed E-state index contributed by atoms with van der Waals surface area (Å²) >= 11 is 6.38. The summed E-state index contributed by atoms with van der Waals surface area (Å²) in [6, 6.07) is 1.33. The van der Waals surface area contributed by atoms with Crippen molar-refractivity contribution in [3.63, 3.8) is 0 Å². The molecule has 1 aromatic rings. The first-order valence-electron chi connectivity index (χ1n) is 3.06. The monoisotopic (exact) mass is 204 g/mol. The van der Waals surface area contributed by atoms with Gasteiger partial charge in [0.05, 0.1) is 16.3 Å². The molecule has 1 rings (SSSR count). The van der Waals surface area contributed by atoms with Crippen molar-refractivity contribution in [1.29, 1.82) is 0 Å². The molecule has 1 aromatic heterocycles. The first kappa shape index (κ1) is 9.22. The van der Waals surface area contributed by atoms with Crippen molar-refractivity contribution in [3.05, 3.63) is 21.9 Å². The summed E-state index contributed by atoms with van der Waals surface area (Å²) in [7, 11) is 0. The molecule has 0 spiro atoms. The molecule has 0 aliphatic heterocycles. The Bertz CT molecular complexity index is 318. The van der Waals surface area contributed by atoms with E-state index in [4.69, 9.17) is 16.7 Å². The highest BCUT2D eigenvalue weighted by atomic mass is 35.5. The van der Waals surface area contributed by atoms with Gasteiger partial charge in [-0.05, 0) is 6.07 Å². The Balaban J connectivity index is 2.91. The van der Waals surface area contributed by atoms with Crippen LogP contribution in [0.3, 0.4) is 0 Å². The zero-order valence-electron chi connectivity index (χ0n) is 5.91. The second-order valence-electron chi connectivity index (χ2n) is 2.06. The number of carbonyl (C=O) groups excluding carboxylic acids is 1. The van der Waals surface area contributed by atoms with E-state index < -0.39 is 5.97 Å². The van der Waals surface area contributed by atoms with Crippen LogP contribution in [0.25, 0.3) is 0 Å². The van der Waals surface area contributed by atoms with Gasteiger partial charge in [-0.25, -0.2) is 4.79 Å². The molecule has 5 heteroatoms. The summed E-state index contributed by atoms with van der Waals surface area (Å²) < 4.78 is 0. The third-order valence-corrected chi connectivity index (χ3v) is 2.46. The van der Waals surface area contributed by atoms with E-state index in [1.54, 1.807) is 0 Å². The zero-order chi connectivity index (χ0) is 9.14. The van der Waals surface area contributed by atoms with E-state index in [-0.39, 0.29) is 17.2 Å². The Morgan fingerprint density at radius 3 is 2.67 bits per heavy atom. The lowest BCUT2D eigenvalue weighted by atomic mass is 10.3. The number of halogens is 1. The predicted octanol–water partition coefficient (Wildman–Crippen LogP) is 1.87. The number of thiophene rings is 1. The van der Waals surface area contributed by atoms with Crippen molar-refractivity contribution in [3.8, 4) is 0 Å². The lowest BCUT2D eigenvalue weighted by Crippen LogP contribution is -1.97. The highest BCUT2D eigenvalue weighted by molar-refractivity contribution is 7.12. The van der Waals surface area contributed by atoms with Gasteiger partial charge in [-0.3, -0.25) is 4.79 Å². The number of Topliss-reactive ketones (excluding diaryl/α,β-unsaturated/α-hetero) is 1. The molecule has 12 heavy (non-hydrogen) atoms. The minimum absolute atomic E-state index is 0.112. The minimum Gasteiger partial charge on any atom is -0.478 e. The molecule has 3 nitrogen and oxygen atoms in total. The van der Waals surface area contributed by atoms with E-state index in [1.807, 2.05) is 0 Å². The Labute approximate surface area is 77.6 Å². The summed E-state index contributed by atoms with van der Waals surface area (Å²) in [4.78, 5) is 21.7. The van der Waals surface area contributed by atoms with E-state index in [0.29, 0.717) is 4.88 Å². The van der Waals surface area contributed by atoms with Gasteiger partial charge >= 0.3 is 5.97 Å². The van der Waals surface area contributed by atoms with Crippen LogP contribution in [-0.2, 0) is 0 Å². The van der Waals surface area contributed by atoms with Gasteiger partial charge in [-0.15, -0.1) is 22.9 Å². The van der Waals surface area contributed by atoms with Gasteiger partial charge in [0.2, 0.25) is 0 Å². The highest BCUT2D eigenvalue weighted by Gasteiger charge is 2.10. The van der Waals surface area contributed by atoms with Gasteiger partial charge in [0.25, 0.3) is 0 Å². The van der Waals surface area contributed by atoms with Crippen LogP contribution in [0.5, 0.6) is 0 Å². The molecule has 0 saturated carbocycles. The Hall–Kier alpha value is -0.870. The minimum atomic E-state index is -1.03. The fourth-order valence-electron chi connectivity index (χ4n) is 0.660. The van der Waals surface area contributed by atoms with E-state index in [0.717, 1.165) is 11.3 Å². The Morgan fingerprint density at radius 2 is 2.25 bits per heavy atom. The number of ketones is 1. The van der Waals surface area contributed by atoms with Crippen molar-refractivity contribution < 1.29 is 14.7 Å². The molecule has 0 radical (unpaired) electrons. The smallest absolute Gasteiger partial charge is 0.336 e. The van der Waals surface area contributed by atoms with Gasteiger partial charge in [-0.2, -0.15) is 0 Å². The summed E-state index contributed by atoms with van der Waals surface area (Å²) in [5.41, 5.74) is 0.133. The number of hydrogen-bond acceptors (Lipinski definition) is 3. The van der Waals surface area contributed by atoms with E-state index >= 15 is 0 Å². The molecular weight excluding hydrogens is 200 g/mol. The van der Waals surface area contributed by atoms with E-state index in [2.05, 4.69) is 0 Å². The predicted molar refractivity (Wildman–Crippen MR) is 46.3 cm³/mol. The molecule has 0 aliphatic rings. The quantitative estimate of drug-likeness (QED) is 0.604. The number of alkyl halides is 1.